The summed E-state index contributed by atoms with van der Waals surface area (Å²) in [5.41, 5.74) is 0.830. The lowest BCUT2D eigenvalue weighted by Gasteiger charge is -2.36. The van der Waals surface area contributed by atoms with Crippen molar-refractivity contribution < 1.29 is 18.3 Å². The van der Waals surface area contributed by atoms with E-state index in [1.54, 1.807) is 6.20 Å². The van der Waals surface area contributed by atoms with E-state index < -0.39 is 30.8 Å². The lowest BCUT2D eigenvalue weighted by atomic mass is 10.2. The Morgan fingerprint density at radius 1 is 1.40 bits per heavy atom. The molecule has 138 valence electrons. The topological polar surface area (TPSA) is 66.5 Å². The van der Waals surface area contributed by atoms with Crippen LogP contribution in [0.4, 0.5) is 14.6 Å². The smallest absolute Gasteiger partial charge is 0.262 e. The van der Waals surface area contributed by atoms with Gasteiger partial charge in [-0.1, -0.05) is 6.07 Å². The number of carbonyl (C=O) groups excluding carboxylic acids is 1. The summed E-state index contributed by atoms with van der Waals surface area (Å²) in [7, 11) is 0. The molecule has 2 aliphatic heterocycles. The molecule has 0 aromatic carbocycles. The maximum Gasteiger partial charge on any atom is 0.262 e. The van der Waals surface area contributed by atoms with Crippen LogP contribution in [0.15, 0.2) is 18.3 Å². The summed E-state index contributed by atoms with van der Waals surface area (Å²) in [6.07, 6.45) is 1.56. The number of halogens is 2. The average molecular weight is 354 g/mol. The maximum atomic E-state index is 13.1. The normalized spacial score (nSPS) is 28.8. The van der Waals surface area contributed by atoms with E-state index in [-0.39, 0.29) is 18.8 Å². The fourth-order valence-electron chi connectivity index (χ4n) is 3.29. The number of rotatable bonds is 4. The first kappa shape index (κ1) is 18.0. The van der Waals surface area contributed by atoms with Gasteiger partial charge in [0.15, 0.2) is 0 Å². The Labute approximate surface area is 145 Å². The minimum absolute atomic E-state index is 0.154. The molecular formula is C17H24F2N4O2. The van der Waals surface area contributed by atoms with Gasteiger partial charge >= 0.3 is 0 Å². The summed E-state index contributed by atoms with van der Waals surface area (Å²) < 4.78 is 32.0. The van der Waals surface area contributed by atoms with Gasteiger partial charge in [0.2, 0.25) is 5.91 Å². The van der Waals surface area contributed by atoms with Crippen LogP contribution in [-0.2, 0) is 16.1 Å². The zero-order chi connectivity index (χ0) is 18.0. The van der Waals surface area contributed by atoms with E-state index in [0.717, 1.165) is 24.5 Å². The van der Waals surface area contributed by atoms with Crippen LogP contribution in [0.1, 0.15) is 25.8 Å². The largest absolute Gasteiger partial charge is 0.372 e. The van der Waals surface area contributed by atoms with E-state index in [2.05, 4.69) is 20.5 Å². The van der Waals surface area contributed by atoms with Gasteiger partial charge in [-0.3, -0.25) is 10.1 Å². The highest BCUT2D eigenvalue weighted by Crippen LogP contribution is 2.25. The number of nitrogens with zero attached hydrogens (tertiary/aromatic N) is 2. The van der Waals surface area contributed by atoms with E-state index in [9.17, 15) is 13.6 Å². The average Bonchev–Trinajstić information content (AvgIpc) is 2.92. The molecule has 3 rings (SSSR count). The van der Waals surface area contributed by atoms with Gasteiger partial charge < -0.3 is 15.0 Å². The van der Waals surface area contributed by atoms with E-state index in [0.29, 0.717) is 0 Å². The third kappa shape index (κ3) is 4.64. The number of hydrogen-bond acceptors (Lipinski definition) is 5. The van der Waals surface area contributed by atoms with Crippen molar-refractivity contribution in [2.45, 2.75) is 51.0 Å². The Hall–Kier alpha value is -1.80. The molecule has 2 aliphatic rings. The Morgan fingerprint density at radius 2 is 2.12 bits per heavy atom. The highest BCUT2D eigenvalue weighted by Gasteiger charge is 2.42. The van der Waals surface area contributed by atoms with Crippen LogP contribution in [0.2, 0.25) is 0 Å². The molecule has 1 amide bonds. The molecule has 3 atom stereocenters. The third-order valence-electron chi connectivity index (χ3n) is 4.45. The molecule has 6 nitrogen and oxygen atoms in total. The van der Waals surface area contributed by atoms with Gasteiger partial charge in [0, 0.05) is 32.3 Å². The first-order valence-electron chi connectivity index (χ1n) is 8.57. The summed E-state index contributed by atoms with van der Waals surface area (Å²) >= 11 is 0. The zero-order valence-corrected chi connectivity index (χ0v) is 14.5. The molecule has 1 aromatic heterocycles. The fraction of sp³-hybridized carbons (Fsp3) is 0.647. The number of hydrogen-bond donors (Lipinski definition) is 2. The maximum absolute atomic E-state index is 13.1. The van der Waals surface area contributed by atoms with Crippen molar-refractivity contribution in [2.24, 2.45) is 0 Å². The molecular weight excluding hydrogens is 330 g/mol. The van der Waals surface area contributed by atoms with Crippen LogP contribution < -0.4 is 15.5 Å². The van der Waals surface area contributed by atoms with Gasteiger partial charge in [-0.05, 0) is 25.5 Å². The molecule has 0 radical (unpaired) electrons. The summed E-state index contributed by atoms with van der Waals surface area (Å²) in [6, 6.07) is 2.97. The Balaban J connectivity index is 1.52. The molecule has 0 spiro atoms. The number of ether oxygens (including phenoxy) is 1. The molecule has 2 N–H and O–H groups in total. The fourth-order valence-corrected chi connectivity index (χ4v) is 3.29. The first-order valence-corrected chi connectivity index (χ1v) is 8.57. The van der Waals surface area contributed by atoms with Gasteiger partial charge in [-0.15, -0.1) is 0 Å². The number of aromatic nitrogens is 1. The van der Waals surface area contributed by atoms with Crippen LogP contribution >= 0.6 is 0 Å². The van der Waals surface area contributed by atoms with Crippen LogP contribution in [0, 0.1) is 0 Å². The summed E-state index contributed by atoms with van der Waals surface area (Å²) in [5, 5.41) is 5.23. The minimum atomic E-state index is -2.81. The van der Waals surface area contributed by atoms with Crippen molar-refractivity contribution in [1.82, 2.24) is 15.6 Å². The predicted molar refractivity (Wildman–Crippen MR) is 89.7 cm³/mol. The molecule has 1 aromatic rings. The molecule has 8 heteroatoms. The first-order chi connectivity index (χ1) is 11.8. The van der Waals surface area contributed by atoms with E-state index in [1.165, 1.54) is 0 Å². The highest BCUT2D eigenvalue weighted by atomic mass is 19.3. The number of amides is 1. The number of morpholine rings is 1. The molecule has 2 fully saturated rings. The second kappa shape index (κ2) is 7.21. The lowest BCUT2D eigenvalue weighted by Crippen LogP contribution is -2.45. The summed E-state index contributed by atoms with van der Waals surface area (Å²) in [5.74, 6) is -2.34. The SMILES string of the molecule is CC1CN(c2ccc(CNC(=O)C3CC(F)(F)CN3)cn2)CC(C)O1. The second-order valence-electron chi connectivity index (χ2n) is 6.90. The Bertz CT molecular complexity index is 601. The number of pyridine rings is 1. The van der Waals surface area contributed by atoms with Gasteiger partial charge in [-0.2, -0.15) is 0 Å². The zero-order valence-electron chi connectivity index (χ0n) is 14.5. The van der Waals surface area contributed by atoms with E-state index in [4.69, 9.17) is 4.74 Å². The second-order valence-corrected chi connectivity index (χ2v) is 6.90. The molecule has 2 saturated heterocycles. The molecule has 0 aliphatic carbocycles. The molecule has 0 bridgehead atoms. The van der Waals surface area contributed by atoms with Crippen LogP contribution in [0.25, 0.3) is 0 Å². The van der Waals surface area contributed by atoms with Crippen molar-refractivity contribution in [2.75, 3.05) is 24.5 Å². The van der Waals surface area contributed by atoms with Crippen molar-refractivity contribution in [1.29, 1.82) is 0 Å². The molecule has 3 unspecified atom stereocenters. The van der Waals surface area contributed by atoms with Gasteiger partial charge in [0.1, 0.15) is 5.82 Å². The minimum Gasteiger partial charge on any atom is -0.372 e. The third-order valence-corrected chi connectivity index (χ3v) is 4.45. The Morgan fingerprint density at radius 3 is 2.68 bits per heavy atom. The highest BCUT2D eigenvalue weighted by molar-refractivity contribution is 5.82. The van der Waals surface area contributed by atoms with Crippen LogP contribution in [0.5, 0.6) is 0 Å². The van der Waals surface area contributed by atoms with Gasteiger partial charge in [-0.25, -0.2) is 13.8 Å². The van der Waals surface area contributed by atoms with Crippen molar-refractivity contribution in [3.05, 3.63) is 23.9 Å². The standard InChI is InChI=1S/C17H24F2N4O2/c1-11-8-23(9-12(2)25-11)15-4-3-13(6-20-15)7-21-16(24)14-5-17(18,19)10-22-14/h3-4,6,11-12,14,22H,5,7-10H2,1-2H3,(H,21,24). The number of nitrogens with one attached hydrogen (secondary N) is 2. The molecule has 0 saturated carbocycles. The lowest BCUT2D eigenvalue weighted by molar-refractivity contribution is -0.123. The van der Waals surface area contributed by atoms with Crippen molar-refractivity contribution in [3.8, 4) is 0 Å². The molecule has 3 heterocycles. The number of alkyl halides is 2. The van der Waals surface area contributed by atoms with E-state index in [1.807, 2.05) is 26.0 Å². The van der Waals surface area contributed by atoms with Crippen LogP contribution in [0.3, 0.4) is 0 Å². The van der Waals surface area contributed by atoms with Crippen LogP contribution in [-0.4, -0.2) is 54.7 Å². The van der Waals surface area contributed by atoms with Gasteiger partial charge in [0.25, 0.3) is 5.92 Å². The number of anilines is 1. The molecule has 25 heavy (non-hydrogen) atoms. The number of carbonyl (C=O) groups is 1. The summed E-state index contributed by atoms with van der Waals surface area (Å²) in [4.78, 5) is 18.6. The quantitative estimate of drug-likeness (QED) is 0.853. The Kier molecular flexibility index (Phi) is 5.19. The van der Waals surface area contributed by atoms with Crippen molar-refractivity contribution >= 4 is 11.7 Å². The summed E-state index contributed by atoms with van der Waals surface area (Å²) in [6.45, 7) is 5.47. The monoisotopic (exact) mass is 354 g/mol. The van der Waals surface area contributed by atoms with Gasteiger partial charge in [0.05, 0.1) is 24.8 Å². The van der Waals surface area contributed by atoms with Crippen molar-refractivity contribution in [3.63, 3.8) is 0 Å². The van der Waals surface area contributed by atoms with E-state index >= 15 is 0 Å². The predicted octanol–water partition coefficient (Wildman–Crippen LogP) is 1.31.